The van der Waals surface area contributed by atoms with Crippen molar-refractivity contribution < 1.29 is 19.5 Å². The zero-order chi connectivity index (χ0) is 26.2. The van der Waals surface area contributed by atoms with E-state index >= 15 is 0 Å². The summed E-state index contributed by atoms with van der Waals surface area (Å²) in [6, 6.07) is 11.3. The maximum Gasteiger partial charge on any atom is 0.320 e. The van der Waals surface area contributed by atoms with Crippen LogP contribution in [0.3, 0.4) is 0 Å². The lowest BCUT2D eigenvalue weighted by Crippen LogP contribution is -2.39. The molecule has 8 nitrogen and oxygen atoms in total. The molecule has 0 spiro atoms. The number of carbonyl (C=O) groups excluding carboxylic acids is 2. The summed E-state index contributed by atoms with van der Waals surface area (Å²) in [5.41, 5.74) is 7.75. The second kappa shape index (κ2) is 13.1. The number of amides is 2. The van der Waals surface area contributed by atoms with E-state index < -0.39 is 12.0 Å². The summed E-state index contributed by atoms with van der Waals surface area (Å²) >= 11 is 12.1. The van der Waals surface area contributed by atoms with Gasteiger partial charge in [0.05, 0.1) is 22.5 Å². The number of likely N-dealkylation sites (tertiary alicyclic amines) is 1. The number of carboxylic acid groups (broad SMARTS) is 1. The van der Waals surface area contributed by atoms with Crippen molar-refractivity contribution >= 4 is 46.7 Å². The zero-order valence-corrected chi connectivity index (χ0v) is 21.8. The van der Waals surface area contributed by atoms with Crippen LogP contribution in [0, 0.1) is 0 Å². The third kappa shape index (κ3) is 7.93. The minimum atomic E-state index is -1.14. The zero-order valence-electron chi connectivity index (χ0n) is 20.3. The van der Waals surface area contributed by atoms with E-state index in [1.54, 1.807) is 36.2 Å². The Hall–Kier alpha value is -2.65. The number of likely N-dealkylation sites (N-methyl/N-ethyl adjacent to an activating group) is 1. The van der Waals surface area contributed by atoms with Gasteiger partial charge in [0.25, 0.3) is 0 Å². The Kier molecular flexibility index (Phi) is 10.1. The number of nitrogens with two attached hydrogens (primary N) is 1. The van der Waals surface area contributed by atoms with Crippen LogP contribution in [0.25, 0.3) is 0 Å². The van der Waals surface area contributed by atoms with Crippen LogP contribution in [0.4, 0.5) is 5.69 Å². The standard InChI is InChI=1S/C26H32Cl2N4O4/c1-31(25(34)14-17-7-8-20(27)21(28)13-17)23(16-32-11-2-3-12-32)18-5-4-6-19(15-18)30-24(33)10-9-22(29)26(35)36/h4-8,13,15,22-23H,2-3,9-12,14,16,29H2,1H3,(H,30,33)(H,35,36). The molecule has 2 atom stereocenters. The van der Waals surface area contributed by atoms with Crippen molar-refractivity contribution in [3.8, 4) is 0 Å². The molecule has 1 aliphatic rings. The molecule has 1 saturated heterocycles. The minimum absolute atomic E-state index is 0.00303. The highest BCUT2D eigenvalue weighted by molar-refractivity contribution is 6.42. The molecule has 2 amide bonds. The van der Waals surface area contributed by atoms with Gasteiger partial charge in [-0.2, -0.15) is 0 Å². The van der Waals surface area contributed by atoms with Crippen molar-refractivity contribution in [1.29, 1.82) is 0 Å². The van der Waals surface area contributed by atoms with Crippen LogP contribution in [0.15, 0.2) is 42.5 Å². The van der Waals surface area contributed by atoms with E-state index in [0.717, 1.165) is 37.1 Å². The van der Waals surface area contributed by atoms with Gasteiger partial charge in [0.2, 0.25) is 11.8 Å². The summed E-state index contributed by atoms with van der Waals surface area (Å²) in [4.78, 5) is 40.6. The van der Waals surface area contributed by atoms with Gasteiger partial charge in [-0.3, -0.25) is 14.4 Å². The Morgan fingerprint density at radius 1 is 1.11 bits per heavy atom. The fourth-order valence-electron chi connectivity index (χ4n) is 4.24. The summed E-state index contributed by atoms with van der Waals surface area (Å²) < 4.78 is 0. The normalized spacial score (nSPS) is 15.3. The number of halogens is 2. The van der Waals surface area contributed by atoms with Crippen molar-refractivity contribution in [3.05, 3.63) is 63.6 Å². The van der Waals surface area contributed by atoms with E-state index in [0.29, 0.717) is 22.3 Å². The Balaban J connectivity index is 1.75. The van der Waals surface area contributed by atoms with E-state index in [2.05, 4.69) is 10.2 Å². The second-order valence-electron chi connectivity index (χ2n) is 9.11. The molecule has 194 valence electrons. The first-order valence-electron chi connectivity index (χ1n) is 11.9. The number of hydrogen-bond donors (Lipinski definition) is 3. The van der Waals surface area contributed by atoms with Crippen molar-refractivity contribution in [3.63, 3.8) is 0 Å². The number of nitrogens with one attached hydrogen (secondary N) is 1. The lowest BCUT2D eigenvalue weighted by molar-refractivity contribution is -0.138. The minimum Gasteiger partial charge on any atom is -0.480 e. The van der Waals surface area contributed by atoms with Crippen LogP contribution < -0.4 is 11.1 Å². The van der Waals surface area contributed by atoms with E-state index in [-0.39, 0.29) is 37.1 Å². The lowest BCUT2D eigenvalue weighted by atomic mass is 10.0. The van der Waals surface area contributed by atoms with Crippen LogP contribution in [-0.4, -0.2) is 65.4 Å². The second-order valence-corrected chi connectivity index (χ2v) is 9.92. The monoisotopic (exact) mass is 534 g/mol. The molecule has 2 unspecified atom stereocenters. The number of anilines is 1. The van der Waals surface area contributed by atoms with E-state index in [1.165, 1.54) is 0 Å². The average molecular weight is 535 g/mol. The predicted molar refractivity (Wildman–Crippen MR) is 141 cm³/mol. The number of benzene rings is 2. The molecular weight excluding hydrogens is 503 g/mol. The summed E-state index contributed by atoms with van der Waals surface area (Å²) in [6.07, 6.45) is 2.48. The van der Waals surface area contributed by atoms with Crippen molar-refractivity contribution in [1.82, 2.24) is 9.80 Å². The number of rotatable bonds is 11. The predicted octanol–water partition coefficient (Wildman–Crippen LogP) is 3.96. The molecule has 2 aromatic carbocycles. The Morgan fingerprint density at radius 3 is 2.50 bits per heavy atom. The van der Waals surface area contributed by atoms with Gasteiger partial charge < -0.3 is 26.0 Å². The van der Waals surface area contributed by atoms with Gasteiger partial charge in [0.1, 0.15) is 6.04 Å². The maximum absolute atomic E-state index is 13.3. The Labute approximate surface area is 221 Å². The van der Waals surface area contributed by atoms with Crippen LogP contribution in [0.1, 0.15) is 42.9 Å². The first-order chi connectivity index (χ1) is 17.1. The topological polar surface area (TPSA) is 116 Å². The van der Waals surface area contributed by atoms with E-state index in [1.807, 2.05) is 18.2 Å². The fourth-order valence-corrected chi connectivity index (χ4v) is 4.56. The van der Waals surface area contributed by atoms with Crippen LogP contribution in [0.5, 0.6) is 0 Å². The van der Waals surface area contributed by atoms with Gasteiger partial charge in [0.15, 0.2) is 0 Å². The molecular formula is C26H32Cl2N4O4. The highest BCUT2D eigenvalue weighted by atomic mass is 35.5. The number of hydrogen-bond acceptors (Lipinski definition) is 5. The highest BCUT2D eigenvalue weighted by Crippen LogP contribution is 2.27. The Morgan fingerprint density at radius 2 is 1.83 bits per heavy atom. The van der Waals surface area contributed by atoms with E-state index in [9.17, 15) is 14.4 Å². The maximum atomic E-state index is 13.3. The molecule has 0 aliphatic carbocycles. The first kappa shape index (κ1) is 27.9. The number of carbonyl (C=O) groups is 3. The third-order valence-corrected chi connectivity index (χ3v) is 7.12. The molecule has 3 rings (SSSR count). The van der Waals surface area contributed by atoms with Crippen LogP contribution >= 0.6 is 23.2 Å². The van der Waals surface area contributed by atoms with Crippen molar-refractivity contribution in [2.24, 2.45) is 5.73 Å². The molecule has 0 bridgehead atoms. The van der Waals surface area contributed by atoms with Gasteiger partial charge in [-0.1, -0.05) is 41.4 Å². The average Bonchev–Trinajstić information content (AvgIpc) is 3.36. The van der Waals surface area contributed by atoms with Crippen molar-refractivity contribution in [2.45, 2.75) is 44.2 Å². The number of carboxylic acids is 1. The summed E-state index contributed by atoms with van der Waals surface area (Å²) in [7, 11) is 1.79. The third-order valence-electron chi connectivity index (χ3n) is 6.38. The van der Waals surface area contributed by atoms with Crippen molar-refractivity contribution in [2.75, 3.05) is 32.0 Å². The number of nitrogens with zero attached hydrogens (tertiary/aromatic N) is 2. The summed E-state index contributed by atoms with van der Waals surface area (Å²) in [6.45, 7) is 2.63. The van der Waals surface area contributed by atoms with Crippen LogP contribution in [0.2, 0.25) is 10.0 Å². The molecule has 10 heteroatoms. The largest absolute Gasteiger partial charge is 0.480 e. The van der Waals surface area contributed by atoms with Gasteiger partial charge in [0, 0.05) is 25.7 Å². The molecule has 1 heterocycles. The first-order valence-corrected chi connectivity index (χ1v) is 12.7. The van der Waals surface area contributed by atoms with Gasteiger partial charge in [-0.05, 0) is 67.7 Å². The highest BCUT2D eigenvalue weighted by Gasteiger charge is 2.26. The van der Waals surface area contributed by atoms with Crippen LogP contribution in [-0.2, 0) is 20.8 Å². The van der Waals surface area contributed by atoms with Gasteiger partial charge in [-0.25, -0.2) is 0 Å². The molecule has 0 saturated carbocycles. The Bertz CT molecular complexity index is 1090. The van der Waals surface area contributed by atoms with Gasteiger partial charge in [-0.15, -0.1) is 0 Å². The molecule has 1 fully saturated rings. The number of aliphatic carboxylic acids is 1. The molecule has 0 aromatic heterocycles. The molecule has 0 radical (unpaired) electrons. The molecule has 36 heavy (non-hydrogen) atoms. The SMILES string of the molecule is CN(C(=O)Cc1ccc(Cl)c(Cl)c1)C(CN1CCCC1)c1cccc(NC(=O)CCC(N)C(=O)O)c1. The smallest absolute Gasteiger partial charge is 0.320 e. The molecule has 2 aromatic rings. The quantitative estimate of drug-likeness (QED) is 0.401. The van der Waals surface area contributed by atoms with E-state index in [4.69, 9.17) is 34.0 Å². The molecule has 1 aliphatic heterocycles. The van der Waals surface area contributed by atoms with Gasteiger partial charge >= 0.3 is 5.97 Å². The lowest BCUT2D eigenvalue weighted by Gasteiger charge is -2.32. The molecule has 4 N–H and O–H groups in total. The summed E-state index contributed by atoms with van der Waals surface area (Å²) in [5.74, 6) is -1.51. The fraction of sp³-hybridized carbons (Fsp3) is 0.423. The summed E-state index contributed by atoms with van der Waals surface area (Å²) in [5, 5.41) is 12.6.